The van der Waals surface area contributed by atoms with E-state index in [1.54, 1.807) is 34.8 Å². The summed E-state index contributed by atoms with van der Waals surface area (Å²) in [5.74, 6) is 1.21. The van der Waals surface area contributed by atoms with E-state index in [1.165, 1.54) is 37.2 Å². The van der Waals surface area contributed by atoms with Gasteiger partial charge in [0.05, 0.1) is 29.1 Å². The van der Waals surface area contributed by atoms with Gasteiger partial charge in [0.2, 0.25) is 5.91 Å². The van der Waals surface area contributed by atoms with E-state index < -0.39 is 6.04 Å². The highest BCUT2D eigenvalue weighted by Crippen LogP contribution is 2.56. The number of urea groups is 1. The van der Waals surface area contributed by atoms with Crippen molar-refractivity contribution in [3.8, 4) is 18.0 Å². The summed E-state index contributed by atoms with van der Waals surface area (Å²) in [5.41, 5.74) is 4.42. The number of nitrogens with zero attached hydrogens (tertiary/aromatic N) is 8. The molecule has 54 heavy (non-hydrogen) atoms. The van der Waals surface area contributed by atoms with Gasteiger partial charge in [0, 0.05) is 61.6 Å². The van der Waals surface area contributed by atoms with Crippen molar-refractivity contribution in [1.82, 2.24) is 35.3 Å². The van der Waals surface area contributed by atoms with Gasteiger partial charge in [-0.3, -0.25) is 19.8 Å². The number of nitriles is 2. The molecule has 14 heteroatoms. The Kier molecular flexibility index (Phi) is 9.46. The first-order valence-electron chi connectivity index (χ1n) is 18.8. The lowest BCUT2D eigenvalue weighted by atomic mass is 9.56. The summed E-state index contributed by atoms with van der Waals surface area (Å²) in [6.45, 7) is 5.59. The number of aromatic nitrogens is 4. The summed E-state index contributed by atoms with van der Waals surface area (Å²) in [6, 6.07) is 15.1. The van der Waals surface area contributed by atoms with E-state index in [2.05, 4.69) is 60.2 Å². The molecule has 3 aromatic heterocycles. The molecule has 276 valence electrons. The standard InChI is InChI=1S/C40H43N11O3/c1-25(18-41)46-34-15-35(51-37-29(21-45-51)14-27(19-42)20-44-37)43-22-33(34)38(53)47-31-6-2-26(3-7-31)10-12-49-23-40(24-49)16-30(17-40)28-4-8-32(9-5-28)50-13-11-36(52)48-39(50)54/h4-5,8-9,14-15,20-22,25-26,30-31H,2-3,6-7,10-13,16-17,23-24H2,1H3,(H,43,46)(H,47,53)(H,48,52,54)/t25-,26?,31?/m1/s1. The fraction of sp³-hybridized carbons (Fsp3) is 0.450. The Labute approximate surface area is 313 Å². The molecule has 3 N–H and O–H groups in total. The lowest BCUT2D eigenvalue weighted by Crippen LogP contribution is -2.61. The van der Waals surface area contributed by atoms with Crippen LogP contribution in [-0.4, -0.2) is 80.8 Å². The maximum absolute atomic E-state index is 13.6. The molecule has 1 atom stereocenters. The van der Waals surface area contributed by atoms with Crippen LogP contribution in [-0.2, 0) is 4.79 Å². The second-order valence-corrected chi connectivity index (χ2v) is 15.5. The van der Waals surface area contributed by atoms with E-state index in [1.807, 2.05) is 12.1 Å². The second kappa shape index (κ2) is 14.5. The fourth-order valence-electron chi connectivity index (χ4n) is 8.78. The van der Waals surface area contributed by atoms with Crippen molar-refractivity contribution in [3.63, 3.8) is 0 Å². The van der Waals surface area contributed by atoms with Gasteiger partial charge in [0.25, 0.3) is 5.91 Å². The number of likely N-dealkylation sites (tertiary alicyclic amines) is 1. The predicted octanol–water partition coefficient (Wildman–Crippen LogP) is 5.02. The van der Waals surface area contributed by atoms with Crippen LogP contribution in [0, 0.1) is 34.0 Å². The molecule has 0 unspecified atom stereocenters. The first kappa shape index (κ1) is 35.2. The lowest BCUT2D eigenvalue weighted by molar-refractivity contribution is -0.120. The number of amides is 4. The Balaban J connectivity index is 0.789. The number of benzene rings is 1. The Bertz CT molecular complexity index is 2160. The number of imide groups is 1. The minimum absolute atomic E-state index is 0.0812. The van der Waals surface area contributed by atoms with Crippen LogP contribution in [0.2, 0.25) is 0 Å². The van der Waals surface area contributed by atoms with Crippen LogP contribution >= 0.6 is 0 Å². The zero-order valence-electron chi connectivity index (χ0n) is 30.3. The topological polar surface area (TPSA) is 185 Å². The normalized spacial score (nSPS) is 21.7. The minimum Gasteiger partial charge on any atom is -0.369 e. The number of hydrogen-bond donors (Lipinski definition) is 3. The molecule has 0 bridgehead atoms. The molecule has 8 rings (SSSR count). The SMILES string of the molecule is C[C@H](C#N)Nc1cc(-n2ncc3cc(C#N)cnc32)ncc1C(=O)NC1CCC(CCN2CC3(CC(c4ccc(N5CCC(=O)NC5=O)cc4)C3)C2)CC1. The Morgan fingerprint density at radius 1 is 1.04 bits per heavy atom. The van der Waals surface area contributed by atoms with Gasteiger partial charge in [-0.15, -0.1) is 0 Å². The summed E-state index contributed by atoms with van der Waals surface area (Å²) in [5, 5.41) is 32.6. The van der Waals surface area contributed by atoms with Crippen molar-refractivity contribution in [2.75, 3.05) is 36.4 Å². The molecule has 1 spiro atoms. The smallest absolute Gasteiger partial charge is 0.328 e. The molecule has 1 aromatic carbocycles. The zero-order valence-corrected chi connectivity index (χ0v) is 30.3. The number of pyridine rings is 2. The van der Waals surface area contributed by atoms with Gasteiger partial charge >= 0.3 is 6.03 Å². The van der Waals surface area contributed by atoms with Gasteiger partial charge in [-0.25, -0.2) is 14.8 Å². The quantitative estimate of drug-likeness (QED) is 0.201. The number of carbonyl (C=O) groups is 3. The third kappa shape index (κ3) is 7.09. The van der Waals surface area contributed by atoms with Crippen molar-refractivity contribution in [2.24, 2.45) is 11.3 Å². The van der Waals surface area contributed by atoms with E-state index >= 15 is 0 Å². The summed E-state index contributed by atoms with van der Waals surface area (Å²) in [6.07, 6.45) is 12.6. The summed E-state index contributed by atoms with van der Waals surface area (Å²) < 4.78 is 1.55. The third-order valence-electron chi connectivity index (χ3n) is 11.7. The van der Waals surface area contributed by atoms with Crippen LogP contribution in [0.25, 0.3) is 16.9 Å². The van der Waals surface area contributed by atoms with Crippen LogP contribution < -0.4 is 20.9 Å². The molecule has 2 saturated heterocycles. The number of rotatable bonds is 10. The van der Waals surface area contributed by atoms with Gasteiger partial charge in [-0.05, 0) is 99.4 Å². The van der Waals surface area contributed by atoms with E-state index in [4.69, 9.17) is 0 Å². The summed E-state index contributed by atoms with van der Waals surface area (Å²) in [7, 11) is 0. The van der Waals surface area contributed by atoms with Crippen molar-refractivity contribution < 1.29 is 14.4 Å². The number of fused-ring (bicyclic) bond motifs is 1. The van der Waals surface area contributed by atoms with Gasteiger partial charge in [-0.2, -0.15) is 20.3 Å². The molecule has 2 aliphatic carbocycles. The van der Waals surface area contributed by atoms with E-state index in [0.717, 1.165) is 51.0 Å². The fourth-order valence-corrected chi connectivity index (χ4v) is 8.78. The summed E-state index contributed by atoms with van der Waals surface area (Å²) >= 11 is 0. The highest BCUT2D eigenvalue weighted by atomic mass is 16.2. The molecule has 5 heterocycles. The monoisotopic (exact) mass is 725 g/mol. The minimum atomic E-state index is -0.538. The highest BCUT2D eigenvalue weighted by molar-refractivity contribution is 6.05. The van der Waals surface area contributed by atoms with Crippen LogP contribution in [0.3, 0.4) is 0 Å². The van der Waals surface area contributed by atoms with E-state index in [-0.39, 0.29) is 23.9 Å². The van der Waals surface area contributed by atoms with Gasteiger partial charge in [-0.1, -0.05) is 12.1 Å². The van der Waals surface area contributed by atoms with Gasteiger partial charge in [0.1, 0.15) is 12.1 Å². The van der Waals surface area contributed by atoms with E-state index in [0.29, 0.717) is 63.9 Å². The van der Waals surface area contributed by atoms with Crippen LogP contribution in [0.4, 0.5) is 16.2 Å². The lowest BCUT2D eigenvalue weighted by Gasteiger charge is -2.59. The Morgan fingerprint density at radius 2 is 1.81 bits per heavy atom. The van der Waals surface area contributed by atoms with Crippen molar-refractivity contribution in [3.05, 3.63) is 71.7 Å². The molecular weight excluding hydrogens is 683 g/mol. The third-order valence-corrected chi connectivity index (χ3v) is 11.7. The van der Waals surface area contributed by atoms with Crippen molar-refractivity contribution in [2.45, 2.75) is 76.3 Å². The average molecular weight is 726 g/mol. The highest BCUT2D eigenvalue weighted by Gasteiger charge is 2.52. The van der Waals surface area contributed by atoms with Crippen LogP contribution in [0.1, 0.15) is 85.7 Å². The van der Waals surface area contributed by atoms with Crippen molar-refractivity contribution >= 4 is 40.3 Å². The summed E-state index contributed by atoms with van der Waals surface area (Å²) in [4.78, 5) is 50.4. The molecule has 4 aliphatic rings. The maximum Gasteiger partial charge on any atom is 0.328 e. The van der Waals surface area contributed by atoms with Gasteiger partial charge < -0.3 is 15.5 Å². The molecule has 0 radical (unpaired) electrons. The molecule has 2 aliphatic heterocycles. The number of carbonyl (C=O) groups excluding carboxylic acids is 3. The predicted molar refractivity (Wildman–Crippen MR) is 201 cm³/mol. The molecule has 4 amide bonds. The van der Waals surface area contributed by atoms with Gasteiger partial charge in [0.15, 0.2) is 11.5 Å². The van der Waals surface area contributed by atoms with Crippen molar-refractivity contribution in [1.29, 1.82) is 10.5 Å². The average Bonchev–Trinajstić information content (AvgIpc) is 3.57. The zero-order chi connectivity index (χ0) is 37.4. The number of nitrogens with one attached hydrogen (secondary N) is 3. The molecular formula is C40H43N11O3. The largest absolute Gasteiger partial charge is 0.369 e. The van der Waals surface area contributed by atoms with Crippen LogP contribution in [0.5, 0.6) is 0 Å². The molecule has 2 saturated carbocycles. The molecule has 14 nitrogen and oxygen atoms in total. The first-order chi connectivity index (χ1) is 26.2. The molecule has 4 fully saturated rings. The molecule has 4 aromatic rings. The number of hydrogen-bond acceptors (Lipinski definition) is 10. The second-order valence-electron chi connectivity index (χ2n) is 15.5. The Hall–Kier alpha value is -5.86. The first-order valence-corrected chi connectivity index (χ1v) is 18.8. The van der Waals surface area contributed by atoms with Crippen LogP contribution in [0.15, 0.2) is 55.0 Å². The Morgan fingerprint density at radius 3 is 2.54 bits per heavy atom. The maximum atomic E-state index is 13.6. The van der Waals surface area contributed by atoms with E-state index in [9.17, 15) is 24.9 Å². The number of anilines is 2.